The number of hydrogen-bond donors (Lipinski definition) is 2. The standard InChI is InChI=1S/C29H25N3O3/c1-27(2)23-17-28-13-6-14-31(28)26(34)29(23,30-25(28)33)16-21-20-12-11-19(15-22(20)32(35)24(21)27)10-9-18-7-4-3-5-8-18/h3-5,7-8,11-12,15-16,23H,6,13-14,17H2,1-2H3,(H-,30,33,35)/p+1/t23?,28?,29-/m0/s1. The van der Waals surface area contributed by atoms with Crippen LogP contribution in [0.3, 0.4) is 0 Å². The SMILES string of the molecule is CC1(C)C2=[N+](O)c3cc(C#Cc4ccccc4)ccc3C2=C[C@@]23NC(=O)C4(CCCN4C2=O)CC13. The first-order chi connectivity index (χ1) is 16.8. The van der Waals surface area contributed by atoms with E-state index >= 15 is 0 Å². The first-order valence-corrected chi connectivity index (χ1v) is 12.2. The third-order valence-electron chi connectivity index (χ3n) is 8.88. The van der Waals surface area contributed by atoms with Crippen molar-refractivity contribution in [3.05, 3.63) is 71.3 Å². The second-order valence-corrected chi connectivity index (χ2v) is 11.0. The summed E-state index contributed by atoms with van der Waals surface area (Å²) >= 11 is 0. The molecular formula is C29H26N3O3+. The molecule has 0 aromatic heterocycles. The Morgan fingerprint density at radius 1 is 1.09 bits per heavy atom. The van der Waals surface area contributed by atoms with E-state index in [0.717, 1.165) is 34.4 Å². The Kier molecular flexibility index (Phi) is 3.77. The van der Waals surface area contributed by atoms with Crippen LogP contribution in [0.25, 0.3) is 5.57 Å². The highest BCUT2D eigenvalue weighted by atomic mass is 16.5. The molecule has 2 amide bonds. The average Bonchev–Trinajstić information content (AvgIpc) is 3.40. The summed E-state index contributed by atoms with van der Waals surface area (Å²) in [6, 6.07) is 15.6. The molecule has 2 aromatic rings. The molecule has 3 atom stereocenters. The second kappa shape index (κ2) is 6.42. The number of benzene rings is 2. The van der Waals surface area contributed by atoms with Crippen molar-refractivity contribution in [2.75, 3.05) is 6.54 Å². The number of nitrogens with zero attached hydrogens (tertiary/aromatic N) is 2. The van der Waals surface area contributed by atoms with Crippen LogP contribution in [-0.2, 0) is 9.59 Å². The number of carbonyl (C=O) groups excluding carboxylic acids is 2. The van der Waals surface area contributed by atoms with Gasteiger partial charge in [-0.05, 0) is 63.5 Å². The van der Waals surface area contributed by atoms with Gasteiger partial charge in [-0.1, -0.05) is 30.0 Å². The fourth-order valence-electron chi connectivity index (χ4n) is 7.25. The van der Waals surface area contributed by atoms with Gasteiger partial charge in [0, 0.05) is 34.4 Å². The van der Waals surface area contributed by atoms with Gasteiger partial charge in [-0.15, -0.1) is 0 Å². The van der Waals surface area contributed by atoms with Gasteiger partial charge in [0.25, 0.3) is 11.6 Å². The third-order valence-corrected chi connectivity index (χ3v) is 8.88. The van der Waals surface area contributed by atoms with Crippen molar-refractivity contribution in [2.24, 2.45) is 11.3 Å². The lowest BCUT2D eigenvalue weighted by molar-refractivity contribution is -0.712. The van der Waals surface area contributed by atoms with E-state index in [1.807, 2.05) is 59.5 Å². The first kappa shape index (κ1) is 20.5. The predicted octanol–water partition coefficient (Wildman–Crippen LogP) is 3.25. The van der Waals surface area contributed by atoms with Crippen LogP contribution in [0.1, 0.15) is 49.8 Å². The van der Waals surface area contributed by atoms with Crippen LogP contribution < -0.4 is 5.32 Å². The molecule has 174 valence electrons. The molecular weight excluding hydrogens is 438 g/mol. The van der Waals surface area contributed by atoms with Crippen molar-refractivity contribution in [2.45, 2.75) is 44.2 Å². The van der Waals surface area contributed by atoms with Gasteiger partial charge in [0.15, 0.2) is 0 Å². The van der Waals surface area contributed by atoms with Crippen LogP contribution in [0.5, 0.6) is 0 Å². The maximum Gasteiger partial charge on any atom is 0.266 e. The van der Waals surface area contributed by atoms with Crippen molar-refractivity contribution >= 4 is 28.8 Å². The number of hydrogen-bond acceptors (Lipinski definition) is 3. The number of piperidine rings is 2. The highest BCUT2D eigenvalue weighted by Crippen LogP contribution is 2.60. The van der Waals surface area contributed by atoms with E-state index in [9.17, 15) is 14.8 Å². The van der Waals surface area contributed by atoms with Crippen molar-refractivity contribution in [1.29, 1.82) is 0 Å². The van der Waals surface area contributed by atoms with E-state index < -0.39 is 16.5 Å². The monoisotopic (exact) mass is 464 g/mol. The van der Waals surface area contributed by atoms with Crippen molar-refractivity contribution in [1.82, 2.24) is 10.2 Å². The minimum absolute atomic E-state index is 0.00578. The predicted molar refractivity (Wildman–Crippen MR) is 130 cm³/mol. The zero-order chi connectivity index (χ0) is 24.2. The normalized spacial score (nSPS) is 31.1. The Balaban J connectivity index is 1.39. The lowest BCUT2D eigenvalue weighted by atomic mass is 9.51. The molecule has 2 unspecified atom stereocenters. The quantitative estimate of drug-likeness (QED) is 0.357. The zero-order valence-electron chi connectivity index (χ0n) is 19.8. The molecule has 6 aliphatic rings. The molecule has 4 fully saturated rings. The number of amides is 2. The summed E-state index contributed by atoms with van der Waals surface area (Å²) in [5.41, 5.74) is 2.44. The average molecular weight is 465 g/mol. The van der Waals surface area contributed by atoms with Crippen LogP contribution in [0.15, 0.2) is 54.6 Å². The van der Waals surface area contributed by atoms with E-state index in [2.05, 4.69) is 31.0 Å². The molecule has 1 aliphatic carbocycles. The smallest absolute Gasteiger partial charge is 0.266 e. The van der Waals surface area contributed by atoms with Gasteiger partial charge in [0.05, 0.1) is 16.6 Å². The molecule has 2 bridgehead atoms. The maximum absolute atomic E-state index is 13.9. The Hall–Kier alpha value is -3.85. The summed E-state index contributed by atoms with van der Waals surface area (Å²) < 4.78 is 1.28. The minimum Gasteiger partial charge on any atom is -0.336 e. The fraction of sp³-hybridized carbons (Fsp3) is 0.345. The summed E-state index contributed by atoms with van der Waals surface area (Å²) in [6.45, 7) is 4.80. The van der Waals surface area contributed by atoms with Crippen LogP contribution in [-0.4, -0.2) is 50.0 Å². The Morgan fingerprint density at radius 2 is 1.86 bits per heavy atom. The molecule has 5 aliphatic heterocycles. The molecule has 2 N–H and O–H groups in total. The zero-order valence-corrected chi connectivity index (χ0v) is 19.8. The highest BCUT2D eigenvalue weighted by Gasteiger charge is 2.74. The number of fused-ring (bicyclic) bond motifs is 4. The summed E-state index contributed by atoms with van der Waals surface area (Å²) in [4.78, 5) is 29.0. The van der Waals surface area contributed by atoms with Crippen LogP contribution in [0.2, 0.25) is 0 Å². The number of rotatable bonds is 0. The summed E-state index contributed by atoms with van der Waals surface area (Å²) in [5.74, 6) is 6.18. The second-order valence-electron chi connectivity index (χ2n) is 11.0. The Labute approximate surface area is 203 Å². The van der Waals surface area contributed by atoms with Gasteiger partial charge >= 0.3 is 0 Å². The van der Waals surface area contributed by atoms with Gasteiger partial charge in [-0.3, -0.25) is 14.8 Å². The van der Waals surface area contributed by atoms with E-state index in [4.69, 9.17) is 0 Å². The van der Waals surface area contributed by atoms with Crippen LogP contribution in [0.4, 0.5) is 5.69 Å². The summed E-state index contributed by atoms with van der Waals surface area (Å²) in [6.07, 6.45) is 4.08. The lowest BCUT2D eigenvalue weighted by Crippen LogP contribution is -2.83. The number of nitrogens with one attached hydrogen (secondary N) is 1. The fourth-order valence-corrected chi connectivity index (χ4v) is 7.25. The Morgan fingerprint density at radius 3 is 2.66 bits per heavy atom. The molecule has 2 spiro atoms. The molecule has 6 heteroatoms. The number of allylic oxidation sites excluding steroid dienone is 1. The molecule has 0 radical (unpaired) electrons. The van der Waals surface area contributed by atoms with Gasteiger partial charge in [-0.25, -0.2) is 0 Å². The van der Waals surface area contributed by atoms with Gasteiger partial charge in [0.2, 0.25) is 11.6 Å². The van der Waals surface area contributed by atoms with E-state index in [-0.39, 0.29) is 17.7 Å². The largest absolute Gasteiger partial charge is 0.336 e. The highest BCUT2D eigenvalue weighted by molar-refractivity contribution is 6.30. The summed E-state index contributed by atoms with van der Waals surface area (Å²) in [7, 11) is 0. The molecule has 0 saturated carbocycles. The van der Waals surface area contributed by atoms with E-state index in [0.29, 0.717) is 25.1 Å². The number of carbonyl (C=O) groups is 2. The minimum atomic E-state index is -1.08. The van der Waals surface area contributed by atoms with Gasteiger partial charge in [-0.2, -0.15) is 0 Å². The molecule has 8 rings (SSSR count). The van der Waals surface area contributed by atoms with Crippen LogP contribution in [0, 0.1) is 23.2 Å². The molecule has 4 saturated heterocycles. The van der Waals surface area contributed by atoms with E-state index in [1.165, 1.54) is 4.74 Å². The van der Waals surface area contributed by atoms with Gasteiger partial charge < -0.3 is 10.2 Å². The van der Waals surface area contributed by atoms with Crippen molar-refractivity contribution < 1.29 is 19.5 Å². The van der Waals surface area contributed by atoms with Crippen LogP contribution >= 0.6 is 0 Å². The lowest BCUT2D eigenvalue weighted by Gasteiger charge is -2.62. The van der Waals surface area contributed by atoms with Crippen molar-refractivity contribution in [3.63, 3.8) is 0 Å². The molecule has 2 aromatic carbocycles. The first-order valence-electron chi connectivity index (χ1n) is 12.2. The molecule has 5 heterocycles. The third kappa shape index (κ3) is 2.38. The van der Waals surface area contributed by atoms with E-state index in [1.54, 1.807) is 0 Å². The number of piperazine rings is 1. The maximum atomic E-state index is 13.9. The summed E-state index contributed by atoms with van der Waals surface area (Å²) in [5, 5.41) is 14.6. The van der Waals surface area contributed by atoms with Crippen molar-refractivity contribution in [3.8, 4) is 11.8 Å². The Bertz CT molecular complexity index is 1480. The molecule has 35 heavy (non-hydrogen) atoms. The van der Waals surface area contributed by atoms with Gasteiger partial charge in [0.1, 0.15) is 11.1 Å². The topological polar surface area (TPSA) is 72.7 Å². The molecule has 6 nitrogen and oxygen atoms in total.